The number of rotatable bonds is 11. The van der Waals surface area contributed by atoms with Crippen LogP contribution >= 0.6 is 7.82 Å². The van der Waals surface area contributed by atoms with Crippen LogP contribution < -0.4 is 0 Å². The molecule has 0 aromatic carbocycles. The normalized spacial score (nSPS) is 10.7. The van der Waals surface area contributed by atoms with Gasteiger partial charge in [0, 0.05) is 18.2 Å². The standard InChI is InChI=1S/C7H17O5P.3C3H4O2/c1-3-5-6-7-10-12-13(8,9)11-4-2;3*1-2-3(4)5/h3-7H2,1-2H3,(H,8,9);3*2H,1H2,(H,4,5). The van der Waals surface area contributed by atoms with Gasteiger partial charge < -0.3 is 20.2 Å². The van der Waals surface area contributed by atoms with Crippen molar-refractivity contribution >= 4 is 25.7 Å². The van der Waals surface area contributed by atoms with Gasteiger partial charge in [0.25, 0.3) is 0 Å². The van der Waals surface area contributed by atoms with E-state index < -0.39 is 25.7 Å². The molecule has 0 aliphatic heterocycles. The van der Waals surface area contributed by atoms with Crippen LogP contribution in [0, 0.1) is 0 Å². The van der Waals surface area contributed by atoms with Gasteiger partial charge in [-0.3, -0.25) is 4.52 Å². The van der Waals surface area contributed by atoms with E-state index in [1.54, 1.807) is 6.92 Å². The molecule has 0 aromatic heterocycles. The molecular weight excluding hydrogens is 399 g/mol. The van der Waals surface area contributed by atoms with Gasteiger partial charge >= 0.3 is 25.7 Å². The smallest absolute Gasteiger partial charge is 0.478 e. The molecule has 0 spiro atoms. The minimum Gasteiger partial charge on any atom is -0.478 e. The molecule has 0 rings (SSSR count). The molecule has 12 heteroatoms. The van der Waals surface area contributed by atoms with E-state index in [9.17, 15) is 18.9 Å². The van der Waals surface area contributed by atoms with E-state index in [1.165, 1.54) is 0 Å². The molecule has 4 N–H and O–H groups in total. The first kappa shape index (κ1) is 33.3. The summed E-state index contributed by atoms with van der Waals surface area (Å²) in [7, 11) is -3.96. The van der Waals surface area contributed by atoms with Gasteiger partial charge in [0.2, 0.25) is 0 Å². The van der Waals surface area contributed by atoms with Gasteiger partial charge in [0.1, 0.15) is 0 Å². The Morgan fingerprint density at radius 3 is 1.50 bits per heavy atom. The van der Waals surface area contributed by atoms with Gasteiger partial charge in [-0.05, 0) is 13.3 Å². The Balaban J connectivity index is -0.000000159. The van der Waals surface area contributed by atoms with Crippen molar-refractivity contribution in [3.05, 3.63) is 38.0 Å². The Labute approximate surface area is 164 Å². The highest BCUT2D eigenvalue weighted by Gasteiger charge is 2.21. The maximum absolute atomic E-state index is 10.8. The summed E-state index contributed by atoms with van der Waals surface area (Å²) in [5.41, 5.74) is 0. The third-order valence-corrected chi connectivity index (χ3v) is 2.67. The third-order valence-electron chi connectivity index (χ3n) is 1.79. The molecule has 0 aliphatic carbocycles. The van der Waals surface area contributed by atoms with Gasteiger partial charge in [-0.15, -0.1) is 4.67 Å². The minimum absolute atomic E-state index is 0.117. The lowest BCUT2D eigenvalue weighted by molar-refractivity contribution is -0.224. The monoisotopic (exact) mass is 428 g/mol. The molecule has 0 bridgehead atoms. The largest absolute Gasteiger partial charge is 0.499 e. The number of carboxylic acids is 3. The average Bonchev–Trinajstić information content (AvgIpc) is 2.62. The molecule has 0 fully saturated rings. The Morgan fingerprint density at radius 1 is 0.893 bits per heavy atom. The van der Waals surface area contributed by atoms with Gasteiger partial charge in [-0.25, -0.2) is 23.8 Å². The summed E-state index contributed by atoms with van der Waals surface area (Å²) in [6.45, 7) is 13.0. The molecule has 28 heavy (non-hydrogen) atoms. The highest BCUT2D eigenvalue weighted by atomic mass is 31.2. The number of carbonyl (C=O) groups is 3. The Kier molecular flexibility index (Phi) is 29.4. The van der Waals surface area contributed by atoms with Crippen LogP contribution in [0.4, 0.5) is 0 Å². The summed E-state index contributed by atoms with van der Waals surface area (Å²) < 4.78 is 19.4. The van der Waals surface area contributed by atoms with E-state index >= 15 is 0 Å². The van der Waals surface area contributed by atoms with Crippen molar-refractivity contribution in [2.75, 3.05) is 13.2 Å². The molecule has 11 nitrogen and oxygen atoms in total. The van der Waals surface area contributed by atoms with E-state index in [-0.39, 0.29) is 6.61 Å². The van der Waals surface area contributed by atoms with Crippen molar-refractivity contribution in [1.82, 2.24) is 0 Å². The van der Waals surface area contributed by atoms with Crippen LogP contribution in [-0.4, -0.2) is 51.3 Å². The second kappa shape index (κ2) is 24.7. The first-order valence-corrected chi connectivity index (χ1v) is 9.28. The highest BCUT2D eigenvalue weighted by Crippen LogP contribution is 2.43. The molecule has 0 saturated carbocycles. The molecule has 164 valence electrons. The van der Waals surface area contributed by atoms with Crippen molar-refractivity contribution < 1.29 is 53.2 Å². The summed E-state index contributed by atoms with van der Waals surface area (Å²) in [6, 6.07) is 0. The molecule has 0 radical (unpaired) electrons. The topological polar surface area (TPSA) is 177 Å². The molecule has 0 aromatic rings. The average molecular weight is 428 g/mol. The first-order valence-electron chi connectivity index (χ1n) is 7.78. The number of unbranched alkanes of at least 4 members (excludes halogenated alkanes) is 2. The summed E-state index contributed by atoms with van der Waals surface area (Å²) >= 11 is 0. The molecule has 0 amide bonds. The summed E-state index contributed by atoms with van der Waals surface area (Å²) in [6.07, 6.45) is 5.38. The fourth-order valence-electron chi connectivity index (χ4n) is 0.700. The zero-order valence-corrected chi connectivity index (χ0v) is 16.9. The lowest BCUT2D eigenvalue weighted by Crippen LogP contribution is -1.98. The number of hydrogen-bond acceptors (Lipinski definition) is 7. The van der Waals surface area contributed by atoms with Crippen LogP contribution in [0.25, 0.3) is 0 Å². The van der Waals surface area contributed by atoms with Crippen molar-refractivity contribution in [2.45, 2.75) is 33.1 Å². The molecule has 0 aliphatic rings. The van der Waals surface area contributed by atoms with Crippen LogP contribution in [0.5, 0.6) is 0 Å². The van der Waals surface area contributed by atoms with Crippen LogP contribution in [-0.2, 0) is 33.0 Å². The Hall–Kier alpha value is -2.30. The van der Waals surface area contributed by atoms with Crippen LogP contribution in [0.2, 0.25) is 0 Å². The predicted molar refractivity (Wildman–Crippen MR) is 102 cm³/mol. The van der Waals surface area contributed by atoms with Gasteiger partial charge in [-0.1, -0.05) is 39.5 Å². The Morgan fingerprint density at radius 2 is 1.25 bits per heavy atom. The number of aliphatic carboxylic acids is 3. The molecule has 1 atom stereocenters. The van der Waals surface area contributed by atoms with E-state index in [4.69, 9.17) is 20.2 Å². The summed E-state index contributed by atoms with van der Waals surface area (Å²) in [5.74, 6) is -2.94. The molecule has 1 unspecified atom stereocenters. The van der Waals surface area contributed by atoms with E-state index in [0.717, 1.165) is 37.5 Å². The quantitative estimate of drug-likeness (QED) is 0.125. The van der Waals surface area contributed by atoms with Crippen LogP contribution in [0.1, 0.15) is 33.1 Å². The van der Waals surface area contributed by atoms with E-state index in [0.29, 0.717) is 6.61 Å². The fraction of sp³-hybridized carbons (Fsp3) is 0.438. The maximum atomic E-state index is 10.8. The lowest BCUT2D eigenvalue weighted by atomic mass is 10.3. The van der Waals surface area contributed by atoms with Crippen molar-refractivity contribution in [2.24, 2.45) is 0 Å². The predicted octanol–water partition coefficient (Wildman–Crippen LogP) is 3.03. The van der Waals surface area contributed by atoms with Crippen molar-refractivity contribution in [3.8, 4) is 0 Å². The van der Waals surface area contributed by atoms with Gasteiger partial charge in [0.05, 0.1) is 13.2 Å². The van der Waals surface area contributed by atoms with E-state index in [2.05, 4.69) is 40.7 Å². The second-order valence-electron chi connectivity index (χ2n) is 4.12. The molecular formula is C16H29O11P. The summed E-state index contributed by atoms with van der Waals surface area (Å²) in [4.78, 5) is 41.1. The molecule has 0 saturated heterocycles. The number of phosphoric ester groups is 1. The first-order chi connectivity index (χ1) is 12.9. The third kappa shape index (κ3) is 49.5. The summed E-state index contributed by atoms with van der Waals surface area (Å²) in [5, 5.41) is 22.8. The second-order valence-corrected chi connectivity index (χ2v) is 5.46. The van der Waals surface area contributed by atoms with Gasteiger partial charge in [0.15, 0.2) is 0 Å². The number of phosphoric acid groups is 1. The SMILES string of the molecule is C=CC(=O)O.C=CC(=O)O.C=CC(=O)O.CCCCCOOP(=O)(O)OCC. The number of carboxylic acid groups (broad SMARTS) is 3. The minimum atomic E-state index is -3.96. The zero-order chi connectivity index (χ0) is 23.0. The Bertz CT molecular complexity index is 460. The maximum Gasteiger partial charge on any atom is 0.499 e. The highest BCUT2D eigenvalue weighted by molar-refractivity contribution is 7.47. The van der Waals surface area contributed by atoms with Crippen LogP contribution in [0.3, 0.4) is 0 Å². The van der Waals surface area contributed by atoms with Crippen molar-refractivity contribution in [3.63, 3.8) is 0 Å². The fourth-order valence-corrected chi connectivity index (χ4v) is 1.28. The van der Waals surface area contributed by atoms with Gasteiger partial charge in [-0.2, -0.15) is 0 Å². The number of hydrogen-bond donors (Lipinski definition) is 4. The lowest BCUT2D eigenvalue weighted by Gasteiger charge is -2.08. The molecule has 0 heterocycles. The zero-order valence-electron chi connectivity index (χ0n) is 16.0. The van der Waals surface area contributed by atoms with E-state index in [1.807, 2.05) is 0 Å². The van der Waals surface area contributed by atoms with Crippen molar-refractivity contribution in [1.29, 1.82) is 0 Å². The van der Waals surface area contributed by atoms with Crippen LogP contribution in [0.15, 0.2) is 38.0 Å².